The first-order valence-corrected chi connectivity index (χ1v) is 13.7. The van der Waals surface area contributed by atoms with Crippen molar-refractivity contribution >= 4 is 43.0 Å². The van der Waals surface area contributed by atoms with Gasteiger partial charge in [0.05, 0.1) is 0 Å². The number of pyridine rings is 2. The fourth-order valence-corrected chi connectivity index (χ4v) is 5.25. The Hall–Kier alpha value is -2.57. The Labute approximate surface area is 209 Å². The molecule has 3 heterocycles. The number of hydrogen-bond acceptors (Lipinski definition) is 6. The number of fused-ring (bicyclic) bond motifs is 1. The fourth-order valence-electron chi connectivity index (χ4n) is 3.73. The van der Waals surface area contributed by atoms with Crippen molar-refractivity contribution in [2.45, 2.75) is 38.1 Å². The van der Waals surface area contributed by atoms with Gasteiger partial charge in [0.15, 0.2) is 0 Å². The number of rotatable bonds is 8. The van der Waals surface area contributed by atoms with Crippen LogP contribution in [0.4, 0.5) is 0 Å². The van der Waals surface area contributed by atoms with Crippen molar-refractivity contribution < 1.29 is 10.2 Å². The van der Waals surface area contributed by atoms with Gasteiger partial charge >= 0.3 is 185 Å². The molecule has 0 saturated heterocycles. The van der Waals surface area contributed by atoms with Crippen LogP contribution < -0.4 is 10.2 Å². The molecule has 0 aliphatic heterocycles. The quantitative estimate of drug-likeness (QED) is 0.334. The number of hydrogen-bond donors (Lipinski definition) is 2. The molecule has 7 nitrogen and oxygen atoms in total. The van der Waals surface area contributed by atoms with Gasteiger partial charge in [0.1, 0.15) is 0 Å². The van der Waals surface area contributed by atoms with E-state index in [9.17, 15) is 15.0 Å². The fraction of sp³-hybridized carbons (Fsp3) is 0.280. The third kappa shape index (κ3) is 5.23. The van der Waals surface area contributed by atoms with E-state index in [2.05, 4.69) is 21.9 Å². The van der Waals surface area contributed by atoms with Crippen LogP contribution in [0.25, 0.3) is 33.4 Å². The molecule has 3 aromatic heterocycles. The first kappa shape index (κ1) is 24.5. The molecule has 0 fully saturated rings. The summed E-state index contributed by atoms with van der Waals surface area (Å²) in [7, 11) is 0. The molecule has 0 aliphatic rings. The normalized spacial score (nSPS) is 12.6. The summed E-state index contributed by atoms with van der Waals surface area (Å²) in [6.07, 6.45) is 1.05. The van der Waals surface area contributed by atoms with Gasteiger partial charge < -0.3 is 0 Å². The van der Waals surface area contributed by atoms with Crippen LogP contribution in [0.1, 0.15) is 19.0 Å². The van der Waals surface area contributed by atoms with E-state index in [4.69, 9.17) is 11.6 Å². The summed E-state index contributed by atoms with van der Waals surface area (Å²) in [4.78, 5) is 27.3. The van der Waals surface area contributed by atoms with Crippen LogP contribution in [0.2, 0.25) is 10.2 Å². The van der Waals surface area contributed by atoms with Gasteiger partial charge in [-0.2, -0.15) is 0 Å². The number of aliphatic hydroxyl groups is 2. The molecule has 0 amide bonds. The number of halogens is 1. The van der Waals surface area contributed by atoms with E-state index in [0.29, 0.717) is 21.8 Å². The molecule has 0 aliphatic carbocycles. The van der Waals surface area contributed by atoms with E-state index in [1.165, 1.54) is 0 Å². The first-order valence-electron chi connectivity index (χ1n) is 11.0. The molecule has 34 heavy (non-hydrogen) atoms. The monoisotopic (exact) mass is 539 g/mol. The van der Waals surface area contributed by atoms with E-state index in [0.717, 1.165) is 32.2 Å². The van der Waals surface area contributed by atoms with Gasteiger partial charge in [0.25, 0.3) is 0 Å². The van der Waals surface area contributed by atoms with E-state index in [1.54, 1.807) is 16.8 Å². The Morgan fingerprint density at radius 2 is 1.97 bits per heavy atom. The van der Waals surface area contributed by atoms with Gasteiger partial charge in [-0.15, -0.1) is 0 Å². The van der Waals surface area contributed by atoms with Crippen LogP contribution in [-0.4, -0.2) is 58.2 Å². The number of nitrogens with zero attached hydrogens (tertiary/aromatic N) is 4. The second kappa shape index (κ2) is 10.8. The Morgan fingerprint density at radius 1 is 1.15 bits per heavy atom. The molecular weight excluding hydrogens is 515 g/mol. The Balaban J connectivity index is 1.84. The zero-order valence-electron chi connectivity index (χ0n) is 18.9. The Morgan fingerprint density at radius 3 is 2.68 bits per heavy atom. The number of benzene rings is 1. The average Bonchev–Trinajstić information content (AvgIpc) is 2.83. The SMILES string of the molecule is CC[As]c1ncc2cc(-c3ccc(-c4cccc(C)n4)cc3Cl)c(=O)n(CCC(O)CO)c2n1. The molecule has 4 rings (SSSR count). The van der Waals surface area contributed by atoms with Crippen LogP contribution in [0.3, 0.4) is 0 Å². The van der Waals surface area contributed by atoms with Crippen LogP contribution in [0.15, 0.2) is 53.5 Å². The molecule has 9 heteroatoms. The van der Waals surface area contributed by atoms with Gasteiger partial charge in [-0.05, 0) is 13.0 Å². The van der Waals surface area contributed by atoms with Crippen molar-refractivity contribution in [2.75, 3.05) is 6.61 Å². The van der Waals surface area contributed by atoms with Gasteiger partial charge in [-0.3, -0.25) is 0 Å². The number of aliphatic hydroxyl groups excluding tert-OH is 2. The van der Waals surface area contributed by atoms with Crippen molar-refractivity contribution in [3.63, 3.8) is 0 Å². The maximum atomic E-state index is 13.6. The second-order valence-corrected chi connectivity index (χ2v) is 11.2. The summed E-state index contributed by atoms with van der Waals surface area (Å²) >= 11 is 6.49. The Bertz CT molecular complexity index is 1390. The zero-order valence-corrected chi connectivity index (χ0v) is 21.6. The van der Waals surface area contributed by atoms with Crippen molar-refractivity contribution in [2.24, 2.45) is 0 Å². The predicted octanol–water partition coefficient (Wildman–Crippen LogP) is 2.99. The van der Waals surface area contributed by atoms with Gasteiger partial charge in [-0.1, -0.05) is 6.07 Å². The van der Waals surface area contributed by atoms with Gasteiger partial charge in [-0.25, -0.2) is 0 Å². The van der Waals surface area contributed by atoms with E-state index < -0.39 is 6.10 Å². The van der Waals surface area contributed by atoms with Crippen LogP contribution in [0.5, 0.6) is 0 Å². The molecule has 0 spiro atoms. The number of aryl methyl sites for hydroxylation is 2. The van der Waals surface area contributed by atoms with Crippen LogP contribution >= 0.6 is 11.6 Å². The number of aromatic nitrogens is 4. The Kier molecular flexibility index (Phi) is 7.79. The summed E-state index contributed by atoms with van der Waals surface area (Å²) in [5.41, 5.74) is 3.89. The van der Waals surface area contributed by atoms with Crippen molar-refractivity contribution in [1.29, 1.82) is 0 Å². The summed E-state index contributed by atoms with van der Waals surface area (Å²) < 4.78 is 2.31. The molecule has 1 aromatic carbocycles. The van der Waals surface area contributed by atoms with E-state index in [-0.39, 0.29) is 40.9 Å². The minimum absolute atomic E-state index is 0.181. The van der Waals surface area contributed by atoms with Crippen molar-refractivity contribution in [3.8, 4) is 22.4 Å². The molecule has 1 atom stereocenters. The van der Waals surface area contributed by atoms with Gasteiger partial charge in [0, 0.05) is 5.69 Å². The molecule has 2 N–H and O–H groups in total. The molecule has 1 unspecified atom stereocenters. The van der Waals surface area contributed by atoms with Crippen LogP contribution in [-0.2, 0) is 6.54 Å². The summed E-state index contributed by atoms with van der Waals surface area (Å²) in [5.74, 6) is 0. The summed E-state index contributed by atoms with van der Waals surface area (Å²) in [5, 5.41) is 21.3. The molecule has 4 aromatic rings. The van der Waals surface area contributed by atoms with Crippen molar-refractivity contribution in [3.05, 3.63) is 69.7 Å². The zero-order chi connectivity index (χ0) is 24.2. The third-order valence-electron chi connectivity index (χ3n) is 5.45. The van der Waals surface area contributed by atoms with Gasteiger partial charge in [0.2, 0.25) is 0 Å². The first-order chi connectivity index (χ1) is 16.4. The van der Waals surface area contributed by atoms with E-state index in [1.807, 2.05) is 43.3 Å². The molecule has 1 radical (unpaired) electrons. The molecule has 0 saturated carbocycles. The third-order valence-corrected chi connectivity index (χ3v) is 7.48. The standard InChI is InChI=1S/C25H25AsClN4O3/c1-3-26-25-28-13-17-11-20(24(34)31(23(17)30-25)10-9-18(33)14-32)19-8-7-16(12-21(19)27)22-6-4-5-15(2)29-22/h4-8,11-13,18,32-33H,3,9-10,14H2,1-2H3. The summed E-state index contributed by atoms with van der Waals surface area (Å²) in [6, 6.07) is 13.1. The summed E-state index contributed by atoms with van der Waals surface area (Å²) in [6.45, 7) is 3.86. The predicted molar refractivity (Wildman–Crippen MR) is 136 cm³/mol. The topological polar surface area (TPSA) is 101 Å². The molecular formula is C25H25AsClN4O3. The average molecular weight is 540 g/mol. The molecule has 175 valence electrons. The van der Waals surface area contributed by atoms with Crippen molar-refractivity contribution in [1.82, 2.24) is 19.5 Å². The van der Waals surface area contributed by atoms with Crippen LogP contribution in [0, 0.1) is 6.92 Å². The van der Waals surface area contributed by atoms with E-state index >= 15 is 0 Å². The maximum absolute atomic E-state index is 13.6. The minimum atomic E-state index is -0.918. The second-order valence-electron chi connectivity index (χ2n) is 7.92. The molecule has 0 bridgehead atoms.